The molecule has 1 saturated heterocycles. The number of benzene rings is 1. The third kappa shape index (κ3) is 3.85. The number of barbiturate groups is 1. The molecule has 0 unspecified atom stereocenters. The van der Waals surface area contributed by atoms with Crippen molar-refractivity contribution in [3.8, 4) is 5.75 Å². The molecular formula is C20H22N2O4. The van der Waals surface area contributed by atoms with E-state index in [-0.39, 0.29) is 11.6 Å². The number of hydrogen-bond acceptors (Lipinski definition) is 4. The van der Waals surface area contributed by atoms with Gasteiger partial charge >= 0.3 is 6.03 Å². The molecule has 2 fully saturated rings. The Morgan fingerprint density at radius 1 is 1.08 bits per heavy atom. The largest absolute Gasteiger partial charge is 0.497 e. The first-order chi connectivity index (χ1) is 12.6. The topological polar surface area (TPSA) is 75.7 Å². The number of ether oxygens (including phenoxy) is 1. The second kappa shape index (κ2) is 7.99. The highest BCUT2D eigenvalue weighted by atomic mass is 16.5. The van der Waals surface area contributed by atoms with Crippen molar-refractivity contribution in [2.45, 2.75) is 38.1 Å². The molecule has 3 rings (SSSR count). The molecule has 0 bridgehead atoms. The summed E-state index contributed by atoms with van der Waals surface area (Å²) in [5.74, 6) is -0.402. The molecule has 1 heterocycles. The van der Waals surface area contributed by atoms with Crippen molar-refractivity contribution < 1.29 is 19.1 Å². The molecule has 4 amide bonds. The van der Waals surface area contributed by atoms with Gasteiger partial charge in [-0.25, -0.2) is 4.79 Å². The first-order valence-electron chi connectivity index (χ1n) is 8.81. The number of rotatable bonds is 4. The van der Waals surface area contributed by atoms with E-state index in [1.807, 2.05) is 24.3 Å². The average Bonchev–Trinajstić information content (AvgIpc) is 2.65. The lowest BCUT2D eigenvalue weighted by molar-refractivity contribution is -0.132. The summed E-state index contributed by atoms with van der Waals surface area (Å²) in [6.45, 7) is 0. The van der Waals surface area contributed by atoms with E-state index in [1.165, 1.54) is 11.0 Å². The smallest absolute Gasteiger partial charge is 0.331 e. The zero-order valence-corrected chi connectivity index (χ0v) is 14.7. The first kappa shape index (κ1) is 17.9. The number of imide groups is 2. The van der Waals surface area contributed by atoms with Crippen molar-refractivity contribution in [2.75, 3.05) is 7.11 Å². The van der Waals surface area contributed by atoms with Crippen molar-refractivity contribution in [3.05, 3.63) is 47.6 Å². The van der Waals surface area contributed by atoms with Gasteiger partial charge in [0.2, 0.25) is 0 Å². The predicted molar refractivity (Wildman–Crippen MR) is 97.4 cm³/mol. The lowest BCUT2D eigenvalue weighted by Crippen LogP contribution is -2.58. The van der Waals surface area contributed by atoms with Crippen molar-refractivity contribution in [1.82, 2.24) is 10.2 Å². The molecule has 0 aromatic heterocycles. The molecule has 1 N–H and O–H groups in total. The van der Waals surface area contributed by atoms with Crippen LogP contribution in [0.5, 0.6) is 5.75 Å². The van der Waals surface area contributed by atoms with Crippen LogP contribution in [0.1, 0.15) is 37.7 Å². The minimum absolute atomic E-state index is 0.0139. The Morgan fingerprint density at radius 3 is 2.42 bits per heavy atom. The summed E-state index contributed by atoms with van der Waals surface area (Å²) in [6, 6.07) is 6.66. The Bertz CT molecular complexity index is 759. The molecule has 26 heavy (non-hydrogen) atoms. The molecule has 1 aromatic rings. The fraction of sp³-hybridized carbons (Fsp3) is 0.350. The van der Waals surface area contributed by atoms with Crippen LogP contribution in [0.4, 0.5) is 4.79 Å². The number of urea groups is 1. The van der Waals surface area contributed by atoms with Gasteiger partial charge in [0.25, 0.3) is 11.8 Å². The molecule has 6 nitrogen and oxygen atoms in total. The Balaban J connectivity index is 1.76. The van der Waals surface area contributed by atoms with E-state index >= 15 is 0 Å². The van der Waals surface area contributed by atoms with Crippen LogP contribution in [0.25, 0.3) is 6.08 Å². The van der Waals surface area contributed by atoms with Crippen LogP contribution < -0.4 is 10.1 Å². The van der Waals surface area contributed by atoms with Gasteiger partial charge in [-0.05, 0) is 36.6 Å². The number of amides is 4. The van der Waals surface area contributed by atoms with Gasteiger partial charge in [0.1, 0.15) is 11.3 Å². The van der Waals surface area contributed by atoms with Crippen LogP contribution in [0.2, 0.25) is 0 Å². The maximum Gasteiger partial charge on any atom is 0.331 e. The molecule has 0 atom stereocenters. The summed E-state index contributed by atoms with van der Waals surface area (Å²) in [5.41, 5.74) is 0.895. The molecular weight excluding hydrogens is 332 g/mol. The lowest BCUT2D eigenvalue weighted by atomic mass is 9.93. The molecule has 1 aliphatic heterocycles. The highest BCUT2D eigenvalue weighted by molar-refractivity contribution is 6.29. The van der Waals surface area contributed by atoms with Crippen molar-refractivity contribution in [1.29, 1.82) is 0 Å². The van der Waals surface area contributed by atoms with Gasteiger partial charge in [-0.15, -0.1) is 0 Å². The summed E-state index contributed by atoms with van der Waals surface area (Å²) >= 11 is 0. The van der Waals surface area contributed by atoms with E-state index < -0.39 is 17.8 Å². The van der Waals surface area contributed by atoms with E-state index in [1.54, 1.807) is 19.3 Å². The Morgan fingerprint density at radius 2 is 1.77 bits per heavy atom. The molecule has 1 aliphatic carbocycles. The number of hydrogen-bond donors (Lipinski definition) is 1. The second-order valence-electron chi connectivity index (χ2n) is 6.44. The van der Waals surface area contributed by atoms with Gasteiger partial charge in [0.15, 0.2) is 0 Å². The summed E-state index contributed by atoms with van der Waals surface area (Å²) in [4.78, 5) is 38.1. The summed E-state index contributed by atoms with van der Waals surface area (Å²) in [6.07, 6.45) is 9.58. The van der Waals surface area contributed by atoms with Crippen molar-refractivity contribution in [3.63, 3.8) is 0 Å². The summed E-state index contributed by atoms with van der Waals surface area (Å²) in [5, 5.41) is 2.28. The van der Waals surface area contributed by atoms with Crippen molar-refractivity contribution in [2.24, 2.45) is 0 Å². The maximum atomic E-state index is 12.7. The maximum absolute atomic E-state index is 12.7. The zero-order chi connectivity index (χ0) is 18.5. The third-order valence-electron chi connectivity index (χ3n) is 4.74. The quantitative estimate of drug-likeness (QED) is 0.666. The number of allylic oxidation sites excluding steroid dienone is 2. The Kier molecular flexibility index (Phi) is 5.51. The molecule has 6 heteroatoms. The van der Waals surface area contributed by atoms with Gasteiger partial charge in [0, 0.05) is 6.04 Å². The Labute approximate surface area is 152 Å². The van der Waals surface area contributed by atoms with E-state index in [2.05, 4.69) is 5.32 Å². The van der Waals surface area contributed by atoms with E-state index in [0.29, 0.717) is 0 Å². The average molecular weight is 354 g/mol. The van der Waals surface area contributed by atoms with Crippen LogP contribution in [0, 0.1) is 0 Å². The van der Waals surface area contributed by atoms with Gasteiger partial charge < -0.3 is 4.74 Å². The van der Waals surface area contributed by atoms with E-state index in [0.717, 1.165) is 43.4 Å². The van der Waals surface area contributed by atoms with Gasteiger partial charge in [-0.1, -0.05) is 43.5 Å². The lowest BCUT2D eigenvalue weighted by Gasteiger charge is -2.35. The zero-order valence-electron chi connectivity index (χ0n) is 14.7. The van der Waals surface area contributed by atoms with Crippen LogP contribution in [0.15, 0.2) is 42.0 Å². The SMILES string of the molecule is COc1ccc(C=CC=C2C(=O)NC(=O)N(C3CCCCC3)C2=O)cc1. The molecule has 1 aromatic carbocycles. The number of carbonyl (C=O) groups is 3. The second-order valence-corrected chi connectivity index (χ2v) is 6.44. The predicted octanol–water partition coefficient (Wildman–Crippen LogP) is 3.05. The molecule has 0 radical (unpaired) electrons. The number of methoxy groups -OCH3 is 1. The first-order valence-corrected chi connectivity index (χ1v) is 8.81. The molecule has 1 saturated carbocycles. The fourth-order valence-corrected chi connectivity index (χ4v) is 3.33. The van der Waals surface area contributed by atoms with Crippen LogP contribution in [-0.4, -0.2) is 35.9 Å². The van der Waals surface area contributed by atoms with E-state index in [9.17, 15) is 14.4 Å². The van der Waals surface area contributed by atoms with Gasteiger partial charge in [-0.3, -0.25) is 19.8 Å². The number of nitrogens with zero attached hydrogens (tertiary/aromatic N) is 1. The highest BCUT2D eigenvalue weighted by Crippen LogP contribution is 2.25. The van der Waals surface area contributed by atoms with Gasteiger partial charge in [-0.2, -0.15) is 0 Å². The third-order valence-corrected chi connectivity index (χ3v) is 4.74. The monoisotopic (exact) mass is 354 g/mol. The molecule has 2 aliphatic rings. The number of carbonyl (C=O) groups excluding carboxylic acids is 3. The van der Waals surface area contributed by atoms with Crippen molar-refractivity contribution >= 4 is 23.9 Å². The fourth-order valence-electron chi connectivity index (χ4n) is 3.33. The normalized spacial score (nSPS) is 20.7. The Hall–Kier alpha value is -2.89. The minimum Gasteiger partial charge on any atom is -0.497 e. The highest BCUT2D eigenvalue weighted by Gasteiger charge is 2.39. The molecule has 0 spiro atoms. The van der Waals surface area contributed by atoms with Crippen LogP contribution >= 0.6 is 0 Å². The van der Waals surface area contributed by atoms with E-state index in [4.69, 9.17) is 4.74 Å². The summed E-state index contributed by atoms with van der Waals surface area (Å²) in [7, 11) is 1.60. The van der Waals surface area contributed by atoms with Gasteiger partial charge in [0.05, 0.1) is 7.11 Å². The standard InChI is InChI=1S/C20H22N2O4/c1-26-16-12-10-14(11-13-16)6-5-9-17-18(23)21-20(25)22(19(17)24)15-7-3-2-4-8-15/h5-6,9-13,15H,2-4,7-8H2,1H3,(H,21,23,25). The summed E-state index contributed by atoms with van der Waals surface area (Å²) < 4.78 is 5.11. The minimum atomic E-state index is -0.647. The van der Waals surface area contributed by atoms with Crippen LogP contribution in [0.3, 0.4) is 0 Å². The molecule has 136 valence electrons. The van der Waals surface area contributed by atoms with Crippen LogP contribution in [-0.2, 0) is 9.59 Å². The number of nitrogens with one attached hydrogen (secondary N) is 1.